The Balaban J connectivity index is 1.92. The van der Waals surface area contributed by atoms with Crippen molar-refractivity contribution in [2.45, 2.75) is 6.92 Å². The Morgan fingerprint density at radius 1 is 1.04 bits per heavy atom. The Morgan fingerprint density at radius 3 is 2.56 bits per heavy atom. The smallest absolute Gasteiger partial charge is 0.255 e. The molecular weight excluding hydrogens is 346 g/mol. The number of carbonyl (C=O) groups excluding carboxylic acids is 2. The Morgan fingerprint density at radius 2 is 1.85 bits per heavy atom. The quantitative estimate of drug-likeness (QED) is 0.815. The summed E-state index contributed by atoms with van der Waals surface area (Å²) in [6.07, 6.45) is 4.73. The molecule has 0 unspecified atom stereocenters. The summed E-state index contributed by atoms with van der Waals surface area (Å²) in [7, 11) is 3.07. The number of hydrogen-bond donors (Lipinski definition) is 1. The highest BCUT2D eigenvalue weighted by Gasteiger charge is 2.15. The molecule has 1 aliphatic heterocycles. The summed E-state index contributed by atoms with van der Waals surface area (Å²) in [6, 6.07) is 10.2. The van der Waals surface area contributed by atoms with Gasteiger partial charge < -0.3 is 19.5 Å². The van der Waals surface area contributed by atoms with Crippen molar-refractivity contribution in [3.8, 4) is 17.2 Å². The molecule has 6 nitrogen and oxygen atoms in total. The second-order valence-electron chi connectivity index (χ2n) is 5.85. The lowest BCUT2D eigenvalue weighted by atomic mass is 10.1. The van der Waals surface area contributed by atoms with Crippen LogP contribution in [0.15, 0.2) is 54.3 Å². The van der Waals surface area contributed by atoms with Gasteiger partial charge in [0.1, 0.15) is 17.2 Å². The molecule has 3 rings (SSSR count). The molecule has 0 spiro atoms. The van der Waals surface area contributed by atoms with Crippen LogP contribution in [-0.4, -0.2) is 25.9 Å². The van der Waals surface area contributed by atoms with E-state index < -0.39 is 0 Å². The summed E-state index contributed by atoms with van der Waals surface area (Å²) in [5.74, 6) is 1.28. The van der Waals surface area contributed by atoms with Gasteiger partial charge in [-0.2, -0.15) is 0 Å². The van der Waals surface area contributed by atoms with E-state index in [1.165, 1.54) is 20.3 Å². The van der Waals surface area contributed by atoms with E-state index >= 15 is 0 Å². The molecule has 2 aromatic rings. The minimum atomic E-state index is -0.357. The summed E-state index contributed by atoms with van der Waals surface area (Å²) in [4.78, 5) is 24.4. The van der Waals surface area contributed by atoms with Crippen LogP contribution in [0, 0.1) is 0 Å². The first-order valence-electron chi connectivity index (χ1n) is 8.25. The van der Waals surface area contributed by atoms with Gasteiger partial charge >= 0.3 is 0 Å². The zero-order chi connectivity index (χ0) is 19.4. The number of methoxy groups -OCH3 is 2. The number of amides is 1. The van der Waals surface area contributed by atoms with Gasteiger partial charge in [0.2, 0.25) is 0 Å². The number of rotatable bonds is 5. The molecule has 1 N–H and O–H groups in total. The van der Waals surface area contributed by atoms with Gasteiger partial charge in [-0.1, -0.05) is 0 Å². The van der Waals surface area contributed by atoms with E-state index in [4.69, 9.17) is 14.2 Å². The number of benzene rings is 2. The number of anilines is 1. The molecule has 138 valence electrons. The third-order valence-electron chi connectivity index (χ3n) is 4.09. The zero-order valence-corrected chi connectivity index (χ0v) is 15.2. The highest BCUT2D eigenvalue weighted by Crippen LogP contribution is 2.30. The summed E-state index contributed by atoms with van der Waals surface area (Å²) >= 11 is 0. The van der Waals surface area contributed by atoms with Gasteiger partial charge in [-0.05, 0) is 55.5 Å². The van der Waals surface area contributed by atoms with Crippen molar-refractivity contribution in [3.05, 3.63) is 65.4 Å². The topological polar surface area (TPSA) is 73.9 Å². The maximum Gasteiger partial charge on any atom is 0.255 e. The second-order valence-corrected chi connectivity index (χ2v) is 5.85. The lowest BCUT2D eigenvalue weighted by Gasteiger charge is -2.11. The molecule has 6 heteroatoms. The lowest BCUT2D eigenvalue weighted by Crippen LogP contribution is -2.14. The fraction of sp³-hybridized carbons (Fsp3) is 0.143. The third kappa shape index (κ3) is 4.00. The van der Waals surface area contributed by atoms with Crippen LogP contribution in [0.1, 0.15) is 22.8 Å². The van der Waals surface area contributed by atoms with Crippen LogP contribution in [0.5, 0.6) is 17.2 Å². The van der Waals surface area contributed by atoms with E-state index in [9.17, 15) is 9.59 Å². The van der Waals surface area contributed by atoms with Gasteiger partial charge in [0.05, 0.1) is 26.2 Å². The van der Waals surface area contributed by atoms with Crippen LogP contribution in [0.4, 0.5) is 5.69 Å². The fourth-order valence-corrected chi connectivity index (χ4v) is 2.63. The molecule has 1 heterocycles. The largest absolute Gasteiger partial charge is 0.497 e. The van der Waals surface area contributed by atoms with Crippen molar-refractivity contribution < 1.29 is 23.8 Å². The summed E-state index contributed by atoms with van der Waals surface area (Å²) < 4.78 is 16.0. The number of ether oxygens (including phenoxy) is 3. The van der Waals surface area contributed by atoms with Crippen molar-refractivity contribution in [1.29, 1.82) is 0 Å². The lowest BCUT2D eigenvalue weighted by molar-refractivity contribution is -0.112. The van der Waals surface area contributed by atoms with Crippen molar-refractivity contribution in [3.63, 3.8) is 0 Å². The first-order chi connectivity index (χ1) is 13.0. The standard InChI is InChI=1S/C21H19NO5/c1-13(23)14-4-6-20(26-3)18(12-14)22-21(24)15-8-9-27-19-7-5-17(25-2)11-16(19)10-15/h4-12H,1-3H3,(H,22,24). The second kappa shape index (κ2) is 7.78. The molecule has 0 radical (unpaired) electrons. The molecule has 0 saturated carbocycles. The van der Waals surface area contributed by atoms with E-state index in [1.807, 2.05) is 0 Å². The fourth-order valence-electron chi connectivity index (χ4n) is 2.63. The number of Topliss-reactive ketones (excluding diaryl/α,β-unsaturated/α-hetero) is 1. The Kier molecular flexibility index (Phi) is 5.26. The Labute approximate surface area is 157 Å². The third-order valence-corrected chi connectivity index (χ3v) is 4.09. The summed E-state index contributed by atoms with van der Waals surface area (Å²) in [5, 5.41) is 2.79. The van der Waals surface area contributed by atoms with Crippen LogP contribution >= 0.6 is 0 Å². The Hall–Kier alpha value is -3.54. The molecule has 0 aliphatic carbocycles. The number of ketones is 1. The predicted molar refractivity (Wildman–Crippen MR) is 102 cm³/mol. The SMILES string of the molecule is COc1ccc2c(c1)C=C(C(=O)Nc1cc(C(C)=O)ccc1OC)C=CO2. The number of fused-ring (bicyclic) bond motifs is 1. The van der Waals surface area contributed by atoms with Gasteiger partial charge in [0.25, 0.3) is 5.91 Å². The first kappa shape index (κ1) is 18.3. The highest BCUT2D eigenvalue weighted by atomic mass is 16.5. The summed E-state index contributed by atoms with van der Waals surface area (Å²) in [6.45, 7) is 1.46. The monoisotopic (exact) mass is 365 g/mol. The zero-order valence-electron chi connectivity index (χ0n) is 15.2. The summed E-state index contributed by atoms with van der Waals surface area (Å²) in [5.41, 5.74) is 2.00. The minimum Gasteiger partial charge on any atom is -0.497 e. The molecule has 0 bridgehead atoms. The van der Waals surface area contributed by atoms with Gasteiger partial charge in [-0.3, -0.25) is 9.59 Å². The van der Waals surface area contributed by atoms with Crippen LogP contribution < -0.4 is 19.5 Å². The van der Waals surface area contributed by atoms with E-state index in [0.717, 1.165) is 0 Å². The molecule has 1 amide bonds. The van der Waals surface area contributed by atoms with Crippen molar-refractivity contribution in [2.24, 2.45) is 0 Å². The van der Waals surface area contributed by atoms with E-state index in [0.29, 0.717) is 39.6 Å². The molecular formula is C21H19NO5. The average molecular weight is 365 g/mol. The predicted octanol–water partition coefficient (Wildman–Crippen LogP) is 3.83. The van der Waals surface area contributed by atoms with Crippen LogP contribution in [-0.2, 0) is 4.79 Å². The number of carbonyl (C=O) groups is 2. The van der Waals surface area contributed by atoms with E-state index in [-0.39, 0.29) is 11.7 Å². The van der Waals surface area contributed by atoms with Crippen molar-refractivity contribution in [1.82, 2.24) is 0 Å². The Bertz CT molecular complexity index is 959. The van der Waals surface area contributed by atoms with E-state index in [1.54, 1.807) is 55.7 Å². The number of nitrogens with one attached hydrogen (secondary N) is 1. The maximum atomic E-state index is 12.8. The van der Waals surface area contributed by atoms with E-state index in [2.05, 4.69) is 5.32 Å². The van der Waals surface area contributed by atoms with Crippen molar-refractivity contribution >= 4 is 23.5 Å². The van der Waals surface area contributed by atoms with Gasteiger partial charge in [0.15, 0.2) is 5.78 Å². The molecule has 0 aromatic heterocycles. The minimum absolute atomic E-state index is 0.101. The molecule has 0 fully saturated rings. The molecule has 1 aliphatic rings. The number of hydrogen-bond acceptors (Lipinski definition) is 5. The van der Waals surface area contributed by atoms with Gasteiger partial charge in [0, 0.05) is 16.7 Å². The molecule has 0 saturated heterocycles. The molecule has 0 atom stereocenters. The first-order valence-corrected chi connectivity index (χ1v) is 8.25. The van der Waals surface area contributed by atoms with Crippen LogP contribution in [0.2, 0.25) is 0 Å². The highest BCUT2D eigenvalue weighted by molar-refractivity contribution is 6.10. The molecule has 27 heavy (non-hydrogen) atoms. The van der Waals surface area contributed by atoms with Crippen LogP contribution in [0.25, 0.3) is 6.08 Å². The van der Waals surface area contributed by atoms with Crippen molar-refractivity contribution in [2.75, 3.05) is 19.5 Å². The van der Waals surface area contributed by atoms with Crippen LogP contribution in [0.3, 0.4) is 0 Å². The average Bonchev–Trinajstić information content (AvgIpc) is 2.89. The normalized spacial score (nSPS) is 12.2. The molecule has 2 aromatic carbocycles. The van der Waals surface area contributed by atoms with Gasteiger partial charge in [-0.25, -0.2) is 0 Å². The maximum absolute atomic E-state index is 12.8. The van der Waals surface area contributed by atoms with Gasteiger partial charge in [-0.15, -0.1) is 0 Å².